The van der Waals surface area contributed by atoms with Gasteiger partial charge in [-0.1, -0.05) is 13.3 Å². The van der Waals surface area contributed by atoms with Crippen LogP contribution in [0.5, 0.6) is 0 Å². The lowest BCUT2D eigenvalue weighted by molar-refractivity contribution is -0.136. The van der Waals surface area contributed by atoms with Gasteiger partial charge < -0.3 is 16.0 Å². The number of likely N-dealkylation sites (tertiary alicyclic amines) is 1. The van der Waals surface area contributed by atoms with Crippen molar-refractivity contribution < 1.29 is 9.59 Å². The van der Waals surface area contributed by atoms with Crippen molar-refractivity contribution >= 4 is 24.2 Å². The second-order valence-corrected chi connectivity index (χ2v) is 6.75. The number of rotatable bonds is 5. The van der Waals surface area contributed by atoms with Crippen molar-refractivity contribution in [1.82, 2.24) is 10.2 Å². The number of carbonyl (C=O) groups is 2. The van der Waals surface area contributed by atoms with Crippen molar-refractivity contribution in [2.75, 3.05) is 26.2 Å². The Morgan fingerprint density at radius 2 is 2.05 bits per heavy atom. The summed E-state index contributed by atoms with van der Waals surface area (Å²) in [5.41, 5.74) is 5.41. The van der Waals surface area contributed by atoms with E-state index in [1.165, 1.54) is 19.3 Å². The molecular weight excluding hydrogens is 302 g/mol. The predicted octanol–water partition coefficient (Wildman–Crippen LogP) is 1.55. The molecule has 2 rings (SSSR count). The lowest BCUT2D eigenvalue weighted by Crippen LogP contribution is -2.46. The fraction of sp³-hybridized carbons (Fsp3) is 0.875. The van der Waals surface area contributed by atoms with Crippen molar-refractivity contribution in [3.8, 4) is 0 Å². The van der Waals surface area contributed by atoms with Crippen LogP contribution in [0.2, 0.25) is 0 Å². The molecule has 0 aromatic rings. The van der Waals surface area contributed by atoms with Gasteiger partial charge in [-0.15, -0.1) is 12.4 Å². The van der Waals surface area contributed by atoms with Crippen molar-refractivity contribution in [1.29, 1.82) is 0 Å². The van der Waals surface area contributed by atoms with Gasteiger partial charge in [0.05, 0.1) is 5.92 Å². The van der Waals surface area contributed by atoms with Gasteiger partial charge in [0.1, 0.15) is 0 Å². The first-order valence-corrected chi connectivity index (χ1v) is 8.35. The standard InChI is InChI=1S/C16H29N3O2.ClH/c1-12-4-5-13(9-12)10-15(20)19-8-2-3-14(11-19)16(21)18-7-6-17;/h12-14H,2-11,17H2,1H3,(H,18,21);1H. The number of hydrogen-bond donors (Lipinski definition) is 2. The Labute approximate surface area is 139 Å². The summed E-state index contributed by atoms with van der Waals surface area (Å²) < 4.78 is 0. The maximum Gasteiger partial charge on any atom is 0.224 e. The largest absolute Gasteiger partial charge is 0.355 e. The third kappa shape index (κ3) is 5.43. The van der Waals surface area contributed by atoms with Gasteiger partial charge in [0.25, 0.3) is 0 Å². The Morgan fingerprint density at radius 3 is 2.68 bits per heavy atom. The number of amides is 2. The first-order valence-electron chi connectivity index (χ1n) is 8.35. The Morgan fingerprint density at radius 1 is 1.27 bits per heavy atom. The van der Waals surface area contributed by atoms with Crippen LogP contribution < -0.4 is 11.1 Å². The fourth-order valence-corrected chi connectivity index (χ4v) is 3.64. The first-order chi connectivity index (χ1) is 10.1. The Kier molecular flexibility index (Phi) is 8.18. The van der Waals surface area contributed by atoms with Crippen molar-refractivity contribution in [2.45, 2.75) is 45.4 Å². The van der Waals surface area contributed by atoms with E-state index in [4.69, 9.17) is 5.73 Å². The van der Waals surface area contributed by atoms with Gasteiger partial charge in [-0.25, -0.2) is 0 Å². The third-order valence-corrected chi connectivity index (χ3v) is 4.86. The zero-order valence-corrected chi connectivity index (χ0v) is 14.4. The number of hydrogen-bond acceptors (Lipinski definition) is 3. The Hall–Kier alpha value is -0.810. The molecule has 1 saturated carbocycles. The molecule has 0 spiro atoms. The van der Waals surface area contributed by atoms with Gasteiger partial charge in [-0.05, 0) is 37.5 Å². The maximum absolute atomic E-state index is 12.4. The monoisotopic (exact) mass is 331 g/mol. The van der Waals surface area contributed by atoms with Gasteiger partial charge in [-0.2, -0.15) is 0 Å². The second kappa shape index (κ2) is 9.36. The summed E-state index contributed by atoms with van der Waals surface area (Å²) in [7, 11) is 0. The van der Waals surface area contributed by atoms with Crippen LogP contribution in [0.15, 0.2) is 0 Å². The molecule has 2 amide bonds. The summed E-state index contributed by atoms with van der Waals surface area (Å²) in [6.45, 7) is 4.63. The molecule has 0 bridgehead atoms. The van der Waals surface area contributed by atoms with Crippen molar-refractivity contribution in [2.24, 2.45) is 23.5 Å². The second-order valence-electron chi connectivity index (χ2n) is 6.75. The maximum atomic E-state index is 12.4. The molecule has 1 aliphatic carbocycles. The summed E-state index contributed by atoms with van der Waals surface area (Å²) in [5, 5.41) is 2.84. The minimum absolute atomic E-state index is 0. The number of piperidine rings is 1. The topological polar surface area (TPSA) is 75.4 Å². The molecule has 0 aromatic heterocycles. The predicted molar refractivity (Wildman–Crippen MR) is 89.7 cm³/mol. The number of nitrogens with one attached hydrogen (secondary N) is 1. The van der Waals surface area contributed by atoms with Gasteiger partial charge in [0.2, 0.25) is 11.8 Å². The normalized spacial score (nSPS) is 28.1. The average Bonchev–Trinajstić information content (AvgIpc) is 2.90. The molecule has 128 valence electrons. The van der Waals surface area contributed by atoms with Crippen LogP contribution in [0, 0.1) is 17.8 Å². The van der Waals surface area contributed by atoms with E-state index in [2.05, 4.69) is 12.2 Å². The lowest BCUT2D eigenvalue weighted by atomic mass is 9.95. The molecule has 1 saturated heterocycles. The fourth-order valence-electron chi connectivity index (χ4n) is 3.64. The van der Waals surface area contributed by atoms with Crippen molar-refractivity contribution in [3.63, 3.8) is 0 Å². The Balaban J connectivity index is 0.00000242. The number of carbonyl (C=O) groups excluding carboxylic acids is 2. The number of nitrogens with zero attached hydrogens (tertiary/aromatic N) is 1. The molecule has 3 N–H and O–H groups in total. The summed E-state index contributed by atoms with van der Waals surface area (Å²) in [5.74, 6) is 1.55. The highest BCUT2D eigenvalue weighted by molar-refractivity contribution is 5.85. The zero-order valence-electron chi connectivity index (χ0n) is 13.6. The SMILES string of the molecule is CC1CCC(CC(=O)N2CCCC(C(=O)NCCN)C2)C1.Cl. The first kappa shape index (κ1) is 19.2. The molecule has 2 aliphatic rings. The van der Waals surface area contributed by atoms with Gasteiger partial charge in [0, 0.05) is 32.6 Å². The van der Waals surface area contributed by atoms with E-state index in [-0.39, 0.29) is 30.1 Å². The van der Waals surface area contributed by atoms with Crippen LogP contribution in [0.1, 0.15) is 45.4 Å². The van der Waals surface area contributed by atoms with Crippen LogP contribution >= 0.6 is 12.4 Å². The molecule has 5 nitrogen and oxygen atoms in total. The third-order valence-electron chi connectivity index (χ3n) is 4.86. The minimum Gasteiger partial charge on any atom is -0.355 e. The molecule has 0 radical (unpaired) electrons. The molecular formula is C16H30ClN3O2. The number of nitrogens with two attached hydrogens (primary N) is 1. The summed E-state index contributed by atoms with van der Waals surface area (Å²) in [6.07, 6.45) is 6.08. The quantitative estimate of drug-likeness (QED) is 0.802. The molecule has 22 heavy (non-hydrogen) atoms. The molecule has 2 fully saturated rings. The summed E-state index contributed by atoms with van der Waals surface area (Å²) in [4.78, 5) is 26.3. The van der Waals surface area contributed by atoms with Gasteiger partial charge >= 0.3 is 0 Å². The van der Waals surface area contributed by atoms with Gasteiger partial charge in [-0.3, -0.25) is 9.59 Å². The lowest BCUT2D eigenvalue weighted by Gasteiger charge is -2.32. The van der Waals surface area contributed by atoms with Crippen LogP contribution in [0.4, 0.5) is 0 Å². The van der Waals surface area contributed by atoms with E-state index in [1.807, 2.05) is 4.90 Å². The van der Waals surface area contributed by atoms with Crippen LogP contribution in [0.3, 0.4) is 0 Å². The summed E-state index contributed by atoms with van der Waals surface area (Å²) in [6, 6.07) is 0. The Bertz CT molecular complexity index is 378. The summed E-state index contributed by atoms with van der Waals surface area (Å²) >= 11 is 0. The molecule has 3 unspecified atom stereocenters. The highest BCUT2D eigenvalue weighted by atomic mass is 35.5. The molecule has 6 heteroatoms. The van der Waals surface area contributed by atoms with E-state index in [1.54, 1.807) is 0 Å². The number of halogens is 1. The van der Waals surface area contributed by atoms with E-state index >= 15 is 0 Å². The van der Waals surface area contributed by atoms with Crippen LogP contribution in [-0.4, -0.2) is 42.9 Å². The highest BCUT2D eigenvalue weighted by Gasteiger charge is 2.30. The van der Waals surface area contributed by atoms with Crippen LogP contribution in [0.25, 0.3) is 0 Å². The van der Waals surface area contributed by atoms with E-state index in [0.29, 0.717) is 32.0 Å². The van der Waals surface area contributed by atoms with Crippen molar-refractivity contribution in [3.05, 3.63) is 0 Å². The average molecular weight is 332 g/mol. The van der Waals surface area contributed by atoms with Gasteiger partial charge in [0.15, 0.2) is 0 Å². The molecule has 0 aromatic carbocycles. The van der Waals surface area contributed by atoms with E-state index in [9.17, 15) is 9.59 Å². The van der Waals surface area contributed by atoms with Crippen LogP contribution in [-0.2, 0) is 9.59 Å². The van der Waals surface area contributed by atoms with E-state index in [0.717, 1.165) is 25.3 Å². The smallest absolute Gasteiger partial charge is 0.224 e. The van der Waals surface area contributed by atoms with E-state index < -0.39 is 0 Å². The minimum atomic E-state index is -0.0586. The highest BCUT2D eigenvalue weighted by Crippen LogP contribution is 2.33. The molecule has 1 heterocycles. The molecule has 3 atom stereocenters. The zero-order chi connectivity index (χ0) is 15.2. The molecule has 1 aliphatic heterocycles.